The van der Waals surface area contributed by atoms with Crippen molar-refractivity contribution in [2.45, 2.75) is 43.9 Å². The summed E-state index contributed by atoms with van der Waals surface area (Å²) >= 11 is 6.81. The minimum Gasteiger partial charge on any atom is -0.354 e. The van der Waals surface area contributed by atoms with Gasteiger partial charge in [-0.1, -0.05) is 23.7 Å². The predicted octanol–water partition coefficient (Wildman–Crippen LogP) is 7.39. The standard InChI is InChI=1S/C30H33ClN4O/c1-35(2)29(36)27-4-3-5-28(34-27)33-24-9-7-23(8-10-24)32-26-11-6-22(15-25(26)31)30-16-19-12-20(17-30)14-21(13-19)18-30/h3-11,15,19-21,32H,12-14,16-18H2,1-2H3,(H,33,34). The molecule has 5 nitrogen and oxygen atoms in total. The molecule has 36 heavy (non-hydrogen) atoms. The number of aromatic nitrogens is 1. The highest BCUT2D eigenvalue weighted by Gasteiger charge is 2.51. The first-order valence-electron chi connectivity index (χ1n) is 13.0. The lowest BCUT2D eigenvalue weighted by molar-refractivity contribution is -0.00517. The van der Waals surface area contributed by atoms with E-state index in [1.54, 1.807) is 20.2 Å². The number of nitrogens with zero attached hydrogens (tertiary/aromatic N) is 2. The third-order valence-electron chi connectivity index (χ3n) is 8.43. The van der Waals surface area contributed by atoms with Crippen molar-refractivity contribution in [3.63, 3.8) is 0 Å². The normalized spacial score (nSPS) is 26.0. The van der Waals surface area contributed by atoms with Gasteiger partial charge in [0.2, 0.25) is 0 Å². The van der Waals surface area contributed by atoms with Crippen LogP contribution in [0.5, 0.6) is 0 Å². The largest absolute Gasteiger partial charge is 0.354 e. The first kappa shape index (κ1) is 23.4. The molecule has 0 atom stereocenters. The molecule has 0 radical (unpaired) electrons. The molecule has 4 aliphatic rings. The zero-order chi connectivity index (χ0) is 24.9. The summed E-state index contributed by atoms with van der Waals surface area (Å²) in [5.74, 6) is 3.28. The highest BCUT2D eigenvalue weighted by molar-refractivity contribution is 6.33. The Labute approximate surface area is 218 Å². The maximum Gasteiger partial charge on any atom is 0.272 e. The molecule has 2 aromatic carbocycles. The lowest BCUT2D eigenvalue weighted by Gasteiger charge is -2.57. The summed E-state index contributed by atoms with van der Waals surface area (Å²) in [6, 6.07) is 20.1. The van der Waals surface area contributed by atoms with Crippen LogP contribution >= 0.6 is 11.6 Å². The van der Waals surface area contributed by atoms with E-state index in [1.807, 2.05) is 36.4 Å². The summed E-state index contributed by atoms with van der Waals surface area (Å²) in [6.45, 7) is 0. The van der Waals surface area contributed by atoms with Crippen LogP contribution in [0.15, 0.2) is 60.7 Å². The number of halogens is 1. The molecule has 0 aliphatic heterocycles. The molecule has 6 heteroatoms. The fourth-order valence-corrected chi connectivity index (χ4v) is 7.43. The Morgan fingerprint density at radius 2 is 1.50 bits per heavy atom. The van der Waals surface area contributed by atoms with Gasteiger partial charge in [0.15, 0.2) is 0 Å². The molecule has 7 rings (SSSR count). The average Bonchev–Trinajstić information content (AvgIpc) is 2.85. The number of anilines is 4. The van der Waals surface area contributed by atoms with Crippen LogP contribution in [0, 0.1) is 17.8 Å². The molecule has 0 unspecified atom stereocenters. The van der Waals surface area contributed by atoms with Gasteiger partial charge >= 0.3 is 0 Å². The molecule has 4 aliphatic carbocycles. The van der Waals surface area contributed by atoms with Gasteiger partial charge in [0, 0.05) is 25.5 Å². The summed E-state index contributed by atoms with van der Waals surface area (Å²) in [5.41, 5.74) is 5.00. The van der Waals surface area contributed by atoms with Gasteiger partial charge in [-0.05, 0) is 116 Å². The van der Waals surface area contributed by atoms with Crippen LogP contribution in [0.2, 0.25) is 5.02 Å². The highest BCUT2D eigenvalue weighted by Crippen LogP contribution is 2.61. The van der Waals surface area contributed by atoms with Crippen LogP contribution in [0.25, 0.3) is 0 Å². The van der Waals surface area contributed by atoms with Crippen LogP contribution in [0.4, 0.5) is 22.9 Å². The van der Waals surface area contributed by atoms with E-state index in [-0.39, 0.29) is 5.91 Å². The second kappa shape index (κ2) is 9.11. The van der Waals surface area contributed by atoms with Crippen molar-refractivity contribution in [1.82, 2.24) is 9.88 Å². The number of hydrogen-bond acceptors (Lipinski definition) is 4. The fraction of sp³-hybridized carbons (Fsp3) is 0.400. The van der Waals surface area contributed by atoms with E-state index < -0.39 is 0 Å². The van der Waals surface area contributed by atoms with Crippen LogP contribution in [-0.4, -0.2) is 29.9 Å². The van der Waals surface area contributed by atoms with Gasteiger partial charge in [-0.25, -0.2) is 4.98 Å². The summed E-state index contributed by atoms with van der Waals surface area (Å²) in [7, 11) is 3.44. The smallest absolute Gasteiger partial charge is 0.272 e. The molecule has 4 saturated carbocycles. The third kappa shape index (κ3) is 4.45. The zero-order valence-electron chi connectivity index (χ0n) is 20.9. The molecule has 2 N–H and O–H groups in total. The number of nitrogens with one attached hydrogen (secondary N) is 2. The zero-order valence-corrected chi connectivity index (χ0v) is 21.7. The molecular weight excluding hydrogens is 468 g/mol. The van der Waals surface area contributed by atoms with E-state index in [9.17, 15) is 4.79 Å². The molecule has 0 spiro atoms. The van der Waals surface area contributed by atoms with Crippen LogP contribution in [0.3, 0.4) is 0 Å². The topological polar surface area (TPSA) is 57.3 Å². The van der Waals surface area contributed by atoms with E-state index in [2.05, 4.69) is 33.8 Å². The first-order chi connectivity index (χ1) is 17.4. The Hall–Kier alpha value is -3.05. The number of rotatable bonds is 6. The third-order valence-corrected chi connectivity index (χ3v) is 8.74. The van der Waals surface area contributed by atoms with Crippen molar-refractivity contribution in [3.05, 3.63) is 76.9 Å². The van der Waals surface area contributed by atoms with Gasteiger partial charge in [0.1, 0.15) is 11.5 Å². The van der Waals surface area contributed by atoms with E-state index in [4.69, 9.17) is 11.6 Å². The van der Waals surface area contributed by atoms with Crippen LogP contribution in [-0.2, 0) is 5.41 Å². The second-order valence-electron chi connectivity index (χ2n) is 11.3. The van der Waals surface area contributed by atoms with Crippen molar-refractivity contribution < 1.29 is 4.79 Å². The summed E-state index contributed by atoms with van der Waals surface area (Å²) < 4.78 is 0. The molecule has 3 aromatic rings. The van der Waals surface area contributed by atoms with Crippen molar-refractivity contribution in [3.8, 4) is 0 Å². The Kier molecular flexibility index (Phi) is 5.91. The Balaban J connectivity index is 1.14. The second-order valence-corrected chi connectivity index (χ2v) is 11.7. The van der Waals surface area contributed by atoms with Crippen molar-refractivity contribution in [2.75, 3.05) is 24.7 Å². The van der Waals surface area contributed by atoms with Crippen LogP contribution < -0.4 is 10.6 Å². The monoisotopic (exact) mass is 500 g/mol. The number of hydrogen-bond donors (Lipinski definition) is 2. The Morgan fingerprint density at radius 1 is 0.889 bits per heavy atom. The van der Waals surface area contributed by atoms with Gasteiger partial charge in [-0.15, -0.1) is 0 Å². The minimum atomic E-state index is -0.121. The lowest BCUT2D eigenvalue weighted by Crippen LogP contribution is -2.48. The maximum absolute atomic E-state index is 12.2. The summed E-state index contributed by atoms with van der Waals surface area (Å²) in [6.07, 6.45) is 8.39. The van der Waals surface area contributed by atoms with Gasteiger partial charge in [0.05, 0.1) is 10.7 Å². The van der Waals surface area contributed by atoms with Crippen LogP contribution in [0.1, 0.15) is 54.6 Å². The lowest BCUT2D eigenvalue weighted by atomic mass is 9.48. The Morgan fingerprint density at radius 3 is 2.08 bits per heavy atom. The molecule has 1 heterocycles. The van der Waals surface area contributed by atoms with Gasteiger partial charge in [-0.2, -0.15) is 0 Å². The number of carbonyl (C=O) groups is 1. The van der Waals surface area contributed by atoms with E-state index in [1.165, 1.54) is 49.0 Å². The Bertz CT molecular complexity index is 1250. The summed E-state index contributed by atoms with van der Waals surface area (Å²) in [5, 5.41) is 7.54. The fourth-order valence-electron chi connectivity index (χ4n) is 7.20. The van der Waals surface area contributed by atoms with Gasteiger partial charge in [0.25, 0.3) is 5.91 Å². The van der Waals surface area contributed by atoms with E-state index >= 15 is 0 Å². The van der Waals surface area contributed by atoms with E-state index in [0.717, 1.165) is 39.8 Å². The quantitative estimate of drug-likeness (QED) is 0.370. The molecular formula is C30H33ClN4O. The molecule has 0 saturated heterocycles. The molecule has 4 fully saturated rings. The predicted molar refractivity (Wildman–Crippen MR) is 147 cm³/mol. The first-order valence-corrected chi connectivity index (χ1v) is 13.4. The molecule has 1 aromatic heterocycles. The minimum absolute atomic E-state index is 0.121. The van der Waals surface area contributed by atoms with Crippen molar-refractivity contribution >= 4 is 40.4 Å². The number of benzene rings is 2. The van der Waals surface area contributed by atoms with Crippen molar-refractivity contribution in [2.24, 2.45) is 17.8 Å². The molecule has 1 amide bonds. The number of amides is 1. The van der Waals surface area contributed by atoms with Gasteiger partial charge < -0.3 is 15.5 Å². The van der Waals surface area contributed by atoms with E-state index in [0.29, 0.717) is 16.9 Å². The average molecular weight is 501 g/mol. The summed E-state index contributed by atoms with van der Waals surface area (Å²) in [4.78, 5) is 18.1. The number of pyridine rings is 1. The maximum atomic E-state index is 12.2. The SMILES string of the molecule is CN(C)C(=O)c1cccc(Nc2ccc(Nc3ccc(C45CC6CC(CC(C6)C4)C5)cc3Cl)cc2)n1. The number of carbonyl (C=O) groups excluding carboxylic acids is 1. The highest BCUT2D eigenvalue weighted by atomic mass is 35.5. The molecule has 4 bridgehead atoms. The van der Waals surface area contributed by atoms with Crippen molar-refractivity contribution in [1.29, 1.82) is 0 Å². The molecule has 186 valence electrons. The van der Waals surface area contributed by atoms with Gasteiger partial charge in [-0.3, -0.25) is 4.79 Å².